The van der Waals surface area contributed by atoms with E-state index in [1.165, 1.54) is 12.8 Å². The van der Waals surface area contributed by atoms with Gasteiger partial charge in [-0.15, -0.1) is 10.2 Å². The van der Waals surface area contributed by atoms with Gasteiger partial charge in [0.25, 0.3) is 0 Å². The predicted molar refractivity (Wildman–Crippen MR) is 83.5 cm³/mol. The minimum atomic E-state index is -0.119. The average molecular weight is 315 g/mol. The molecule has 4 rings (SSSR count). The summed E-state index contributed by atoms with van der Waals surface area (Å²) in [6, 6.07) is 10.1. The van der Waals surface area contributed by atoms with E-state index in [-0.39, 0.29) is 12.3 Å². The summed E-state index contributed by atoms with van der Waals surface area (Å²) in [5.41, 5.74) is 0.948. The van der Waals surface area contributed by atoms with Gasteiger partial charge in [0.1, 0.15) is 0 Å². The Bertz CT molecular complexity index is 625. The first kappa shape index (κ1) is 14.8. The zero-order valence-electron chi connectivity index (χ0n) is 13.1. The molecule has 1 aromatic carbocycles. The fraction of sp³-hybridized carbons (Fsp3) is 0.529. The maximum atomic E-state index is 5.84. The zero-order valence-corrected chi connectivity index (χ0v) is 13.1. The third kappa shape index (κ3) is 3.29. The van der Waals surface area contributed by atoms with Gasteiger partial charge in [0.15, 0.2) is 6.29 Å². The molecule has 0 N–H and O–H groups in total. The molecule has 1 unspecified atom stereocenters. The van der Waals surface area contributed by atoms with Crippen molar-refractivity contribution in [2.24, 2.45) is 0 Å². The number of hydrogen-bond acceptors (Lipinski definition) is 6. The largest absolute Gasteiger partial charge is 0.419 e. The maximum Gasteiger partial charge on any atom is 0.247 e. The Kier molecular flexibility index (Phi) is 4.37. The lowest BCUT2D eigenvalue weighted by Crippen LogP contribution is -2.46. The van der Waals surface area contributed by atoms with Crippen LogP contribution in [0.1, 0.15) is 25.2 Å². The van der Waals surface area contributed by atoms with Gasteiger partial charge in [0.2, 0.25) is 11.8 Å². The van der Waals surface area contributed by atoms with Gasteiger partial charge in [-0.1, -0.05) is 24.6 Å². The second kappa shape index (κ2) is 6.78. The van der Waals surface area contributed by atoms with Crippen LogP contribution in [0.25, 0.3) is 11.5 Å². The Morgan fingerprint density at radius 1 is 1.04 bits per heavy atom. The molecular weight excluding hydrogens is 294 g/mol. The molecule has 6 heteroatoms. The Labute approximate surface area is 135 Å². The van der Waals surface area contributed by atoms with Crippen molar-refractivity contribution in [3.8, 4) is 11.5 Å². The average Bonchev–Trinajstić information content (AvgIpc) is 3.28. The van der Waals surface area contributed by atoms with E-state index < -0.39 is 0 Å². The number of rotatable bonds is 4. The second-order valence-electron chi connectivity index (χ2n) is 6.01. The van der Waals surface area contributed by atoms with Gasteiger partial charge in [0.05, 0.1) is 25.8 Å². The van der Waals surface area contributed by atoms with Crippen molar-refractivity contribution in [2.75, 3.05) is 19.8 Å². The molecule has 2 aromatic rings. The molecule has 0 radical (unpaired) electrons. The normalized spacial score (nSPS) is 23.4. The highest BCUT2D eigenvalue weighted by Crippen LogP contribution is 2.26. The lowest BCUT2D eigenvalue weighted by molar-refractivity contribution is -0.112. The second-order valence-corrected chi connectivity index (χ2v) is 6.01. The molecule has 1 atom stereocenters. The van der Waals surface area contributed by atoms with E-state index >= 15 is 0 Å². The van der Waals surface area contributed by atoms with Crippen LogP contribution in [0.5, 0.6) is 0 Å². The number of piperidine rings is 1. The van der Waals surface area contributed by atoms with E-state index in [0.717, 1.165) is 18.5 Å². The van der Waals surface area contributed by atoms with E-state index in [4.69, 9.17) is 13.9 Å². The molecule has 0 spiro atoms. The monoisotopic (exact) mass is 315 g/mol. The van der Waals surface area contributed by atoms with Crippen LogP contribution in [-0.4, -0.2) is 47.2 Å². The zero-order chi connectivity index (χ0) is 15.5. The molecule has 122 valence electrons. The van der Waals surface area contributed by atoms with E-state index in [9.17, 15) is 0 Å². The van der Waals surface area contributed by atoms with Gasteiger partial charge in [-0.25, -0.2) is 0 Å². The lowest BCUT2D eigenvalue weighted by Gasteiger charge is -2.37. The fourth-order valence-electron chi connectivity index (χ4n) is 3.31. The molecular formula is C17H21N3O3. The van der Waals surface area contributed by atoms with Gasteiger partial charge in [-0.05, 0) is 31.5 Å². The molecule has 23 heavy (non-hydrogen) atoms. The molecule has 0 aliphatic carbocycles. The summed E-state index contributed by atoms with van der Waals surface area (Å²) in [7, 11) is 0. The summed E-state index contributed by atoms with van der Waals surface area (Å²) in [6.45, 7) is 3.03. The van der Waals surface area contributed by atoms with Crippen molar-refractivity contribution in [2.45, 2.75) is 38.1 Å². The minimum absolute atomic E-state index is 0.119. The Morgan fingerprint density at radius 2 is 1.87 bits per heavy atom. The van der Waals surface area contributed by atoms with Gasteiger partial charge in [-0.3, -0.25) is 4.90 Å². The number of aromatic nitrogens is 2. The van der Waals surface area contributed by atoms with Crippen molar-refractivity contribution in [1.29, 1.82) is 0 Å². The highest BCUT2D eigenvalue weighted by molar-refractivity contribution is 5.51. The van der Waals surface area contributed by atoms with Crippen molar-refractivity contribution >= 4 is 0 Å². The van der Waals surface area contributed by atoms with Crippen molar-refractivity contribution < 1.29 is 13.9 Å². The van der Waals surface area contributed by atoms with Crippen molar-refractivity contribution in [3.63, 3.8) is 0 Å². The number of hydrogen-bond donors (Lipinski definition) is 0. The van der Waals surface area contributed by atoms with Crippen LogP contribution >= 0.6 is 0 Å². The van der Waals surface area contributed by atoms with Gasteiger partial charge >= 0.3 is 0 Å². The smallest absolute Gasteiger partial charge is 0.247 e. The first-order valence-electron chi connectivity index (χ1n) is 8.25. The third-order valence-corrected chi connectivity index (χ3v) is 4.45. The number of likely N-dealkylation sites (tertiary alicyclic amines) is 1. The molecule has 3 heterocycles. The Morgan fingerprint density at radius 3 is 2.70 bits per heavy atom. The molecule has 2 fully saturated rings. The summed E-state index contributed by atoms with van der Waals surface area (Å²) < 4.78 is 17.2. The van der Waals surface area contributed by atoms with Crippen molar-refractivity contribution in [3.05, 3.63) is 36.2 Å². The molecule has 2 saturated heterocycles. The molecule has 6 nitrogen and oxygen atoms in total. The summed E-state index contributed by atoms with van der Waals surface area (Å²) in [5.74, 6) is 1.22. The van der Waals surface area contributed by atoms with Crippen LogP contribution < -0.4 is 0 Å². The van der Waals surface area contributed by atoms with Gasteiger partial charge in [0, 0.05) is 5.56 Å². The lowest BCUT2D eigenvalue weighted by atomic mass is 10.0. The fourth-order valence-corrected chi connectivity index (χ4v) is 3.31. The SMILES string of the molecule is c1ccc(-c2nnc(CN3CCCCC3C3OCCO3)o2)cc1. The Balaban J connectivity index is 1.47. The highest BCUT2D eigenvalue weighted by Gasteiger charge is 2.34. The summed E-state index contributed by atoms with van der Waals surface area (Å²) in [5, 5.41) is 8.38. The summed E-state index contributed by atoms with van der Waals surface area (Å²) in [4.78, 5) is 2.35. The topological polar surface area (TPSA) is 60.6 Å². The first-order chi connectivity index (χ1) is 11.4. The predicted octanol–water partition coefficient (Wildman–Crippen LogP) is 2.46. The van der Waals surface area contributed by atoms with Crippen molar-refractivity contribution in [1.82, 2.24) is 15.1 Å². The van der Waals surface area contributed by atoms with E-state index in [1.54, 1.807) is 0 Å². The molecule has 0 bridgehead atoms. The Hall–Kier alpha value is -1.76. The van der Waals surface area contributed by atoms with Crippen LogP contribution in [0.4, 0.5) is 0 Å². The quantitative estimate of drug-likeness (QED) is 0.864. The number of ether oxygens (including phenoxy) is 2. The van der Waals surface area contributed by atoms with E-state index in [1.807, 2.05) is 30.3 Å². The third-order valence-electron chi connectivity index (χ3n) is 4.45. The highest BCUT2D eigenvalue weighted by atomic mass is 16.7. The summed E-state index contributed by atoms with van der Waals surface area (Å²) >= 11 is 0. The van der Waals surface area contributed by atoms with E-state index in [0.29, 0.717) is 31.5 Å². The number of nitrogens with zero attached hydrogens (tertiary/aromatic N) is 3. The molecule has 2 aliphatic rings. The molecule has 0 amide bonds. The van der Waals surface area contributed by atoms with Gasteiger partial charge < -0.3 is 13.9 Å². The van der Waals surface area contributed by atoms with E-state index in [2.05, 4.69) is 15.1 Å². The van der Waals surface area contributed by atoms with Crippen LogP contribution in [0.15, 0.2) is 34.7 Å². The van der Waals surface area contributed by atoms with Crippen LogP contribution in [0, 0.1) is 0 Å². The maximum absolute atomic E-state index is 5.84. The molecule has 0 saturated carbocycles. The van der Waals surface area contributed by atoms with Crippen LogP contribution in [0.2, 0.25) is 0 Å². The minimum Gasteiger partial charge on any atom is -0.419 e. The molecule has 2 aliphatic heterocycles. The number of benzene rings is 1. The summed E-state index contributed by atoms with van der Waals surface area (Å²) in [6.07, 6.45) is 3.36. The van der Waals surface area contributed by atoms with Gasteiger partial charge in [-0.2, -0.15) is 0 Å². The van der Waals surface area contributed by atoms with Crippen LogP contribution in [-0.2, 0) is 16.0 Å². The standard InChI is InChI=1S/C17H21N3O3/c1-2-6-13(7-3-1)16-19-18-15(23-16)12-20-9-5-4-8-14(20)17-21-10-11-22-17/h1-3,6-7,14,17H,4-5,8-12H2. The molecule has 1 aromatic heterocycles. The van der Waals surface area contributed by atoms with Crippen LogP contribution in [0.3, 0.4) is 0 Å². The first-order valence-corrected chi connectivity index (χ1v) is 8.25.